The van der Waals surface area contributed by atoms with Crippen LogP contribution >= 0.6 is 22.6 Å². The van der Waals surface area contributed by atoms with Crippen molar-refractivity contribution >= 4 is 39.6 Å². The number of benzene rings is 1. The number of rotatable bonds is 4. The molecule has 2 heterocycles. The molecular weight excluding hydrogens is 375 g/mol. The molecule has 5 heteroatoms. The van der Waals surface area contributed by atoms with Crippen molar-refractivity contribution in [2.75, 3.05) is 5.32 Å². The number of imidazole rings is 1. The van der Waals surface area contributed by atoms with Gasteiger partial charge in [-0.05, 0) is 48.1 Å². The van der Waals surface area contributed by atoms with Gasteiger partial charge in [-0.25, -0.2) is 9.97 Å². The zero-order valence-corrected chi connectivity index (χ0v) is 14.2. The number of nitrogens with one attached hydrogen (secondary N) is 1. The van der Waals surface area contributed by atoms with E-state index < -0.39 is 0 Å². The lowest BCUT2D eigenvalue weighted by Crippen LogP contribution is -2.04. The fraction of sp³-hybridized carbons (Fsp3) is 0.250. The van der Waals surface area contributed by atoms with Gasteiger partial charge in [0.25, 0.3) is 0 Å². The first-order valence-electron chi connectivity index (χ1n) is 6.96. The second-order valence-electron chi connectivity index (χ2n) is 5.25. The van der Waals surface area contributed by atoms with Crippen molar-refractivity contribution in [1.82, 2.24) is 14.5 Å². The Labute approximate surface area is 137 Å². The summed E-state index contributed by atoms with van der Waals surface area (Å²) < 4.78 is 3.22. The molecule has 0 spiro atoms. The molecule has 21 heavy (non-hydrogen) atoms. The summed E-state index contributed by atoms with van der Waals surface area (Å²) in [7, 11) is 0. The molecule has 0 saturated carbocycles. The van der Waals surface area contributed by atoms with Crippen molar-refractivity contribution in [1.29, 1.82) is 0 Å². The van der Waals surface area contributed by atoms with E-state index in [1.165, 1.54) is 5.56 Å². The SMILES string of the molecule is CC(C)n1cnc2c(I)cc(NCc3ccccc3)nc21. The lowest BCUT2D eigenvalue weighted by molar-refractivity contribution is 0.613. The molecule has 0 amide bonds. The normalized spacial score (nSPS) is 11.2. The molecule has 1 N–H and O–H groups in total. The van der Waals surface area contributed by atoms with Crippen molar-refractivity contribution < 1.29 is 0 Å². The minimum absolute atomic E-state index is 0.350. The molecule has 0 atom stereocenters. The second kappa shape index (κ2) is 6.01. The van der Waals surface area contributed by atoms with Gasteiger partial charge in [0.2, 0.25) is 0 Å². The first-order valence-corrected chi connectivity index (χ1v) is 8.04. The van der Waals surface area contributed by atoms with Gasteiger partial charge in [-0.2, -0.15) is 0 Å². The third-order valence-corrected chi connectivity index (χ3v) is 4.18. The van der Waals surface area contributed by atoms with Gasteiger partial charge in [-0.15, -0.1) is 0 Å². The molecule has 0 aliphatic carbocycles. The quantitative estimate of drug-likeness (QED) is 0.676. The Bertz CT molecular complexity index is 750. The molecule has 0 saturated heterocycles. The Morgan fingerprint density at radius 2 is 2.00 bits per heavy atom. The molecule has 0 bridgehead atoms. The van der Waals surface area contributed by atoms with E-state index in [-0.39, 0.29) is 0 Å². The fourth-order valence-corrected chi connectivity index (χ4v) is 2.90. The number of aromatic nitrogens is 3. The lowest BCUT2D eigenvalue weighted by atomic mass is 10.2. The van der Waals surface area contributed by atoms with Crippen LogP contribution in [0.5, 0.6) is 0 Å². The maximum Gasteiger partial charge on any atom is 0.163 e. The maximum atomic E-state index is 4.72. The molecule has 2 aromatic heterocycles. The molecule has 3 rings (SSSR count). The van der Waals surface area contributed by atoms with Crippen molar-refractivity contribution in [3.63, 3.8) is 0 Å². The highest BCUT2D eigenvalue weighted by molar-refractivity contribution is 14.1. The van der Waals surface area contributed by atoms with Crippen molar-refractivity contribution in [3.05, 3.63) is 51.9 Å². The van der Waals surface area contributed by atoms with Gasteiger partial charge >= 0.3 is 0 Å². The molecule has 0 unspecified atom stereocenters. The van der Waals surface area contributed by atoms with E-state index in [9.17, 15) is 0 Å². The molecular formula is C16H17IN4. The summed E-state index contributed by atoms with van der Waals surface area (Å²) in [6.07, 6.45) is 1.87. The maximum absolute atomic E-state index is 4.72. The van der Waals surface area contributed by atoms with Crippen LogP contribution in [0, 0.1) is 3.57 Å². The predicted octanol–water partition coefficient (Wildman–Crippen LogP) is 4.23. The van der Waals surface area contributed by atoms with E-state index in [0.29, 0.717) is 6.04 Å². The van der Waals surface area contributed by atoms with Crippen molar-refractivity contribution in [3.8, 4) is 0 Å². The topological polar surface area (TPSA) is 42.7 Å². The molecule has 108 valence electrons. The lowest BCUT2D eigenvalue weighted by Gasteiger charge is -2.10. The Hall–Kier alpha value is -1.63. The zero-order chi connectivity index (χ0) is 14.8. The summed E-state index contributed by atoms with van der Waals surface area (Å²) >= 11 is 2.32. The average Bonchev–Trinajstić information content (AvgIpc) is 2.91. The van der Waals surface area contributed by atoms with Crippen LogP contribution in [0.3, 0.4) is 0 Å². The van der Waals surface area contributed by atoms with Crippen LogP contribution in [-0.4, -0.2) is 14.5 Å². The van der Waals surface area contributed by atoms with Crippen LogP contribution in [0.1, 0.15) is 25.5 Å². The van der Waals surface area contributed by atoms with Gasteiger partial charge in [-0.1, -0.05) is 30.3 Å². The largest absolute Gasteiger partial charge is 0.366 e. The van der Waals surface area contributed by atoms with Gasteiger partial charge < -0.3 is 9.88 Å². The van der Waals surface area contributed by atoms with Gasteiger partial charge in [0, 0.05) is 16.2 Å². The van der Waals surface area contributed by atoms with Crippen LogP contribution in [0.2, 0.25) is 0 Å². The summed E-state index contributed by atoms with van der Waals surface area (Å²) in [4.78, 5) is 9.18. The second-order valence-corrected chi connectivity index (χ2v) is 6.41. The van der Waals surface area contributed by atoms with Crippen molar-refractivity contribution in [2.45, 2.75) is 26.4 Å². The van der Waals surface area contributed by atoms with E-state index in [1.54, 1.807) is 0 Å². The molecule has 1 aromatic carbocycles. The standard InChI is InChI=1S/C16H17IN4/c1-11(2)21-10-19-15-13(17)8-14(20-16(15)21)18-9-12-6-4-3-5-7-12/h3-8,10-11H,9H2,1-2H3,(H,18,20). The highest BCUT2D eigenvalue weighted by Crippen LogP contribution is 2.23. The van der Waals surface area contributed by atoms with E-state index in [0.717, 1.165) is 27.1 Å². The minimum Gasteiger partial charge on any atom is -0.366 e. The zero-order valence-electron chi connectivity index (χ0n) is 12.0. The number of fused-ring (bicyclic) bond motifs is 1. The minimum atomic E-state index is 0.350. The van der Waals surface area contributed by atoms with Gasteiger partial charge in [0.1, 0.15) is 11.3 Å². The Balaban J connectivity index is 1.90. The van der Waals surface area contributed by atoms with Crippen LogP contribution in [0.25, 0.3) is 11.2 Å². The van der Waals surface area contributed by atoms with Crippen molar-refractivity contribution in [2.24, 2.45) is 0 Å². The van der Waals surface area contributed by atoms with Gasteiger partial charge in [0.15, 0.2) is 5.65 Å². The number of pyridine rings is 1. The molecule has 4 nitrogen and oxygen atoms in total. The molecule has 3 aromatic rings. The third-order valence-electron chi connectivity index (χ3n) is 3.36. The molecule has 0 aliphatic rings. The Kier molecular flexibility index (Phi) is 4.10. The highest BCUT2D eigenvalue weighted by atomic mass is 127. The number of anilines is 1. The molecule has 0 fully saturated rings. The van der Waals surface area contributed by atoms with E-state index >= 15 is 0 Å². The summed E-state index contributed by atoms with van der Waals surface area (Å²) in [5.74, 6) is 0.887. The monoisotopic (exact) mass is 392 g/mol. The smallest absolute Gasteiger partial charge is 0.163 e. The average molecular weight is 392 g/mol. The number of hydrogen-bond acceptors (Lipinski definition) is 3. The Morgan fingerprint density at radius 1 is 1.24 bits per heavy atom. The highest BCUT2D eigenvalue weighted by Gasteiger charge is 2.11. The number of halogens is 1. The Morgan fingerprint density at radius 3 is 2.71 bits per heavy atom. The van der Waals surface area contributed by atoms with E-state index in [1.807, 2.05) is 30.6 Å². The van der Waals surface area contributed by atoms with E-state index in [4.69, 9.17) is 4.98 Å². The summed E-state index contributed by atoms with van der Waals surface area (Å²) in [6, 6.07) is 12.7. The summed E-state index contributed by atoms with van der Waals surface area (Å²) in [5.41, 5.74) is 3.15. The number of nitrogens with zero attached hydrogens (tertiary/aromatic N) is 3. The molecule has 0 radical (unpaired) electrons. The molecule has 0 aliphatic heterocycles. The summed E-state index contributed by atoms with van der Waals surface area (Å²) in [5, 5.41) is 3.39. The van der Waals surface area contributed by atoms with Gasteiger partial charge in [0.05, 0.1) is 6.33 Å². The van der Waals surface area contributed by atoms with Crippen LogP contribution in [0.4, 0.5) is 5.82 Å². The van der Waals surface area contributed by atoms with Gasteiger partial charge in [-0.3, -0.25) is 0 Å². The van der Waals surface area contributed by atoms with Crippen LogP contribution in [-0.2, 0) is 6.54 Å². The predicted molar refractivity (Wildman–Crippen MR) is 94.4 cm³/mol. The number of hydrogen-bond donors (Lipinski definition) is 1. The van der Waals surface area contributed by atoms with Crippen LogP contribution in [0.15, 0.2) is 42.7 Å². The summed E-state index contributed by atoms with van der Waals surface area (Å²) in [6.45, 7) is 5.05. The van der Waals surface area contributed by atoms with E-state index in [2.05, 4.69) is 63.4 Å². The third kappa shape index (κ3) is 3.02. The van der Waals surface area contributed by atoms with Crippen LogP contribution < -0.4 is 5.32 Å². The first kappa shape index (κ1) is 14.3. The fourth-order valence-electron chi connectivity index (χ4n) is 2.23. The first-order chi connectivity index (χ1) is 10.1.